The van der Waals surface area contributed by atoms with Crippen LogP contribution in [0.4, 0.5) is 5.69 Å². The van der Waals surface area contributed by atoms with Gasteiger partial charge in [-0.2, -0.15) is 4.31 Å². The zero-order chi connectivity index (χ0) is 20.1. The topological polar surface area (TPSA) is 101 Å². The highest BCUT2D eigenvalue weighted by Crippen LogP contribution is 2.20. The minimum atomic E-state index is -3.58. The van der Waals surface area contributed by atoms with E-state index in [1.54, 1.807) is 48.5 Å². The lowest BCUT2D eigenvalue weighted by atomic mass is 10.1. The minimum absolute atomic E-state index is 0.0784. The van der Waals surface area contributed by atoms with Crippen LogP contribution in [0.2, 0.25) is 0 Å². The molecule has 1 aliphatic heterocycles. The van der Waals surface area contributed by atoms with Crippen LogP contribution in [0.1, 0.15) is 5.56 Å². The van der Waals surface area contributed by atoms with Gasteiger partial charge in [-0.15, -0.1) is 0 Å². The molecule has 0 aromatic heterocycles. The Morgan fingerprint density at radius 3 is 2.21 bits per heavy atom. The van der Waals surface area contributed by atoms with Crippen molar-refractivity contribution in [2.75, 3.05) is 26.2 Å². The number of para-hydroxylation sites is 1. The Labute approximate surface area is 162 Å². The molecule has 0 spiro atoms. The van der Waals surface area contributed by atoms with E-state index < -0.39 is 14.9 Å². The molecule has 9 heteroatoms. The van der Waals surface area contributed by atoms with E-state index in [2.05, 4.69) is 0 Å². The van der Waals surface area contributed by atoms with Crippen LogP contribution in [0.3, 0.4) is 0 Å². The van der Waals surface area contributed by atoms with Gasteiger partial charge in [-0.1, -0.05) is 30.3 Å². The SMILES string of the molecule is O=C(C=Cc1ccccc1[N+](=O)[O-])N1CCN(S(=O)(=O)c2ccccc2)CC1. The lowest BCUT2D eigenvalue weighted by Crippen LogP contribution is -2.50. The molecule has 1 aliphatic rings. The predicted octanol–water partition coefficient (Wildman–Crippen LogP) is 2.14. The van der Waals surface area contributed by atoms with E-state index in [0.717, 1.165) is 0 Å². The molecule has 0 radical (unpaired) electrons. The molecule has 0 bridgehead atoms. The number of sulfonamides is 1. The number of hydrogen-bond donors (Lipinski definition) is 0. The lowest BCUT2D eigenvalue weighted by Gasteiger charge is -2.33. The largest absolute Gasteiger partial charge is 0.337 e. The summed E-state index contributed by atoms with van der Waals surface area (Å²) in [6.07, 6.45) is 2.69. The molecule has 1 heterocycles. The fourth-order valence-corrected chi connectivity index (χ4v) is 4.39. The second-order valence-electron chi connectivity index (χ2n) is 6.19. The average Bonchev–Trinajstić information content (AvgIpc) is 2.73. The number of carbonyl (C=O) groups is 1. The van der Waals surface area contributed by atoms with Crippen molar-refractivity contribution in [1.82, 2.24) is 9.21 Å². The highest BCUT2D eigenvalue weighted by Gasteiger charge is 2.29. The summed E-state index contributed by atoms with van der Waals surface area (Å²) in [5.74, 6) is -0.310. The van der Waals surface area contributed by atoms with Crippen LogP contribution in [0.15, 0.2) is 65.6 Å². The molecule has 1 amide bonds. The number of benzene rings is 2. The third-order valence-corrected chi connectivity index (χ3v) is 6.38. The first-order chi connectivity index (χ1) is 13.4. The van der Waals surface area contributed by atoms with E-state index in [-0.39, 0.29) is 42.7 Å². The number of amides is 1. The summed E-state index contributed by atoms with van der Waals surface area (Å²) < 4.78 is 26.6. The molecule has 0 aliphatic carbocycles. The lowest BCUT2D eigenvalue weighted by molar-refractivity contribution is -0.385. The third kappa shape index (κ3) is 4.26. The third-order valence-electron chi connectivity index (χ3n) is 4.47. The van der Waals surface area contributed by atoms with Gasteiger partial charge in [0.05, 0.1) is 15.4 Å². The predicted molar refractivity (Wildman–Crippen MR) is 104 cm³/mol. The number of nitrogens with zero attached hydrogens (tertiary/aromatic N) is 3. The molecule has 0 N–H and O–H groups in total. The van der Waals surface area contributed by atoms with E-state index in [0.29, 0.717) is 5.56 Å². The molecule has 28 heavy (non-hydrogen) atoms. The van der Waals surface area contributed by atoms with Crippen molar-refractivity contribution in [1.29, 1.82) is 0 Å². The summed E-state index contributed by atoms with van der Waals surface area (Å²) >= 11 is 0. The van der Waals surface area contributed by atoms with Crippen LogP contribution in [0.5, 0.6) is 0 Å². The molecule has 146 valence electrons. The molecule has 0 atom stereocenters. The number of carbonyl (C=O) groups excluding carboxylic acids is 1. The van der Waals surface area contributed by atoms with Crippen molar-refractivity contribution < 1.29 is 18.1 Å². The average molecular weight is 401 g/mol. The van der Waals surface area contributed by atoms with Crippen LogP contribution in [-0.2, 0) is 14.8 Å². The molecule has 8 nitrogen and oxygen atoms in total. The maximum Gasteiger partial charge on any atom is 0.276 e. The Kier molecular flexibility index (Phi) is 5.86. The maximum absolute atomic E-state index is 12.6. The summed E-state index contributed by atoms with van der Waals surface area (Å²) in [5.41, 5.74) is 0.261. The molecule has 0 unspecified atom stereocenters. The first kappa shape index (κ1) is 19.7. The van der Waals surface area contributed by atoms with E-state index in [4.69, 9.17) is 0 Å². The summed E-state index contributed by atoms with van der Waals surface area (Å²) in [4.78, 5) is 24.7. The molecule has 1 fully saturated rings. The molecule has 3 rings (SSSR count). The zero-order valence-corrected chi connectivity index (χ0v) is 15.8. The second-order valence-corrected chi connectivity index (χ2v) is 8.13. The van der Waals surface area contributed by atoms with Gasteiger partial charge >= 0.3 is 0 Å². The van der Waals surface area contributed by atoms with Gasteiger partial charge in [0.15, 0.2) is 0 Å². The van der Waals surface area contributed by atoms with Crippen molar-refractivity contribution in [2.45, 2.75) is 4.90 Å². The van der Waals surface area contributed by atoms with Crippen LogP contribution >= 0.6 is 0 Å². The van der Waals surface area contributed by atoms with Crippen LogP contribution in [0, 0.1) is 10.1 Å². The van der Waals surface area contributed by atoms with Gasteiger partial charge < -0.3 is 4.90 Å². The van der Waals surface area contributed by atoms with Gasteiger partial charge in [-0.3, -0.25) is 14.9 Å². The first-order valence-corrected chi connectivity index (χ1v) is 10.1. The maximum atomic E-state index is 12.6. The molecular weight excluding hydrogens is 382 g/mol. The van der Waals surface area contributed by atoms with Crippen LogP contribution < -0.4 is 0 Å². The Balaban J connectivity index is 1.64. The van der Waals surface area contributed by atoms with E-state index >= 15 is 0 Å². The Morgan fingerprint density at radius 2 is 1.57 bits per heavy atom. The van der Waals surface area contributed by atoms with Gasteiger partial charge in [-0.05, 0) is 24.3 Å². The summed E-state index contributed by atoms with van der Waals surface area (Å²) in [6.45, 7) is 0.906. The number of nitro groups is 1. The van der Waals surface area contributed by atoms with E-state index in [1.165, 1.54) is 27.4 Å². The Bertz CT molecular complexity index is 997. The highest BCUT2D eigenvalue weighted by atomic mass is 32.2. The van der Waals surface area contributed by atoms with Crippen molar-refractivity contribution >= 4 is 27.7 Å². The number of nitro benzene ring substituents is 1. The van der Waals surface area contributed by atoms with Crippen molar-refractivity contribution in [2.24, 2.45) is 0 Å². The minimum Gasteiger partial charge on any atom is -0.337 e. The molecule has 2 aromatic rings. The molecule has 2 aromatic carbocycles. The normalized spacial score (nSPS) is 15.6. The summed E-state index contributed by atoms with van der Waals surface area (Å²) in [7, 11) is -3.58. The molecular formula is C19H19N3O5S. The number of hydrogen-bond acceptors (Lipinski definition) is 5. The first-order valence-electron chi connectivity index (χ1n) is 8.65. The second kappa shape index (κ2) is 8.32. The van der Waals surface area contributed by atoms with Gasteiger partial charge in [0, 0.05) is 38.3 Å². The summed E-state index contributed by atoms with van der Waals surface area (Å²) in [6, 6.07) is 14.3. The monoisotopic (exact) mass is 401 g/mol. The van der Waals surface area contributed by atoms with E-state index in [9.17, 15) is 23.3 Å². The number of piperazine rings is 1. The molecule has 1 saturated heterocycles. The van der Waals surface area contributed by atoms with Crippen LogP contribution in [0.25, 0.3) is 6.08 Å². The van der Waals surface area contributed by atoms with Gasteiger partial charge in [-0.25, -0.2) is 8.42 Å². The highest BCUT2D eigenvalue weighted by molar-refractivity contribution is 7.89. The van der Waals surface area contributed by atoms with Crippen LogP contribution in [-0.4, -0.2) is 54.6 Å². The Hall–Kier alpha value is -3.04. The van der Waals surface area contributed by atoms with Crippen molar-refractivity contribution in [3.8, 4) is 0 Å². The fourth-order valence-electron chi connectivity index (χ4n) is 2.95. The number of rotatable bonds is 5. The van der Waals surface area contributed by atoms with Gasteiger partial charge in [0.1, 0.15) is 0 Å². The fraction of sp³-hybridized carbons (Fsp3) is 0.211. The summed E-state index contributed by atoms with van der Waals surface area (Å²) in [5, 5.41) is 11.0. The zero-order valence-electron chi connectivity index (χ0n) is 15.0. The smallest absolute Gasteiger partial charge is 0.276 e. The van der Waals surface area contributed by atoms with Crippen molar-refractivity contribution in [3.05, 3.63) is 76.4 Å². The standard InChI is InChI=1S/C19H19N3O5S/c23-19(11-10-16-6-4-5-9-18(16)22(24)25)20-12-14-21(15-13-20)28(26,27)17-7-2-1-3-8-17/h1-11H,12-15H2. The van der Waals surface area contributed by atoms with Crippen molar-refractivity contribution in [3.63, 3.8) is 0 Å². The molecule has 0 saturated carbocycles. The quantitative estimate of drug-likeness (QED) is 0.434. The van der Waals surface area contributed by atoms with Gasteiger partial charge in [0.2, 0.25) is 15.9 Å². The van der Waals surface area contributed by atoms with Gasteiger partial charge in [0.25, 0.3) is 5.69 Å². The van der Waals surface area contributed by atoms with E-state index in [1.807, 2.05) is 0 Å². The Morgan fingerprint density at radius 1 is 0.964 bits per heavy atom.